The highest BCUT2D eigenvalue weighted by Gasteiger charge is 2.25. The largest absolute Gasteiger partial charge is 0.462 e. The van der Waals surface area contributed by atoms with Crippen LogP contribution in [0.1, 0.15) is 27.6 Å². The van der Waals surface area contributed by atoms with E-state index in [4.69, 9.17) is 4.74 Å². The van der Waals surface area contributed by atoms with Gasteiger partial charge in [0.25, 0.3) is 5.69 Å². The number of halogens is 1. The molecule has 0 aliphatic rings. The van der Waals surface area contributed by atoms with Crippen molar-refractivity contribution < 1.29 is 19.2 Å². The van der Waals surface area contributed by atoms with Crippen LogP contribution in [0.2, 0.25) is 0 Å². The summed E-state index contributed by atoms with van der Waals surface area (Å²) in [5.74, 6) is -0.802. The Morgan fingerprint density at radius 1 is 1.59 bits per heavy atom. The zero-order chi connectivity index (χ0) is 13.0. The van der Waals surface area contributed by atoms with Crippen LogP contribution < -0.4 is 0 Å². The highest BCUT2D eigenvalue weighted by Crippen LogP contribution is 2.29. The number of hydrogen-bond donors (Lipinski definition) is 0. The molecule has 0 N–H and O–H groups in total. The summed E-state index contributed by atoms with van der Waals surface area (Å²) in [6.45, 7) is 1.70. The minimum Gasteiger partial charge on any atom is -0.462 e. The van der Waals surface area contributed by atoms with E-state index in [1.165, 1.54) is 6.07 Å². The summed E-state index contributed by atoms with van der Waals surface area (Å²) in [6, 6.07) is 2.36. The van der Waals surface area contributed by atoms with Crippen molar-refractivity contribution in [2.75, 3.05) is 6.61 Å². The monoisotopic (exact) mass is 301 g/mol. The van der Waals surface area contributed by atoms with Crippen LogP contribution in [0.4, 0.5) is 5.69 Å². The van der Waals surface area contributed by atoms with E-state index in [1.807, 2.05) is 0 Å². The van der Waals surface area contributed by atoms with E-state index in [-0.39, 0.29) is 22.2 Å². The normalized spacial score (nSPS) is 9.76. The molecular formula is C10H8BrNO5. The second kappa shape index (κ2) is 5.53. The first-order valence-corrected chi connectivity index (χ1v) is 5.40. The number of hydrogen-bond acceptors (Lipinski definition) is 5. The number of carbonyl (C=O) groups is 2. The molecule has 0 aliphatic heterocycles. The Balaban J connectivity index is 3.41. The molecule has 17 heavy (non-hydrogen) atoms. The smallest absolute Gasteiger partial charge is 0.346 e. The van der Waals surface area contributed by atoms with Gasteiger partial charge in [-0.3, -0.25) is 14.9 Å². The number of ether oxygens (including phenoxy) is 1. The Morgan fingerprint density at radius 3 is 2.71 bits per heavy atom. The number of carbonyl (C=O) groups excluding carboxylic acids is 2. The van der Waals surface area contributed by atoms with E-state index in [1.54, 1.807) is 6.92 Å². The summed E-state index contributed by atoms with van der Waals surface area (Å²) in [5, 5.41) is 10.8. The first kappa shape index (κ1) is 13.3. The molecule has 0 saturated heterocycles. The van der Waals surface area contributed by atoms with Gasteiger partial charge in [-0.2, -0.15) is 0 Å². The molecule has 0 atom stereocenters. The number of esters is 1. The molecule has 0 unspecified atom stereocenters. The van der Waals surface area contributed by atoms with Crippen LogP contribution in [0.3, 0.4) is 0 Å². The molecule has 0 aliphatic carbocycles. The lowest BCUT2D eigenvalue weighted by molar-refractivity contribution is -0.385. The van der Waals surface area contributed by atoms with Gasteiger partial charge in [0.2, 0.25) is 0 Å². The topological polar surface area (TPSA) is 86.5 Å². The maximum atomic E-state index is 11.5. The average molecular weight is 302 g/mol. The molecule has 6 nitrogen and oxygen atoms in total. The van der Waals surface area contributed by atoms with Gasteiger partial charge in [-0.15, -0.1) is 0 Å². The Kier molecular flexibility index (Phi) is 4.33. The van der Waals surface area contributed by atoms with Gasteiger partial charge >= 0.3 is 5.97 Å². The van der Waals surface area contributed by atoms with Gasteiger partial charge < -0.3 is 4.74 Å². The van der Waals surface area contributed by atoms with Crippen LogP contribution in [-0.2, 0) is 4.74 Å². The second-order valence-corrected chi connectivity index (χ2v) is 3.85. The molecule has 0 spiro atoms. The van der Waals surface area contributed by atoms with Gasteiger partial charge in [-0.05, 0) is 28.9 Å². The number of nitro groups is 1. The Labute approximate surface area is 105 Å². The average Bonchev–Trinajstić information content (AvgIpc) is 2.27. The van der Waals surface area contributed by atoms with Crippen molar-refractivity contribution in [1.82, 2.24) is 0 Å². The van der Waals surface area contributed by atoms with Crippen molar-refractivity contribution >= 4 is 33.9 Å². The Hall–Kier alpha value is -1.76. The summed E-state index contributed by atoms with van der Waals surface area (Å²) in [7, 11) is 0. The van der Waals surface area contributed by atoms with Crippen molar-refractivity contribution in [2.24, 2.45) is 0 Å². The van der Waals surface area contributed by atoms with Crippen molar-refractivity contribution in [3.8, 4) is 0 Å². The van der Waals surface area contributed by atoms with Gasteiger partial charge in [0.1, 0.15) is 6.29 Å². The summed E-state index contributed by atoms with van der Waals surface area (Å²) in [6.07, 6.45) is 0.465. The number of rotatable bonds is 4. The van der Waals surface area contributed by atoms with Gasteiger partial charge in [-0.25, -0.2) is 4.79 Å². The standard InChI is InChI=1S/C10H8BrNO5/c1-2-17-10(14)9-7(11)3-6(5-13)4-8(9)12(15)16/h3-5H,2H2,1H3. The van der Waals surface area contributed by atoms with Crippen LogP contribution in [0.25, 0.3) is 0 Å². The quantitative estimate of drug-likeness (QED) is 0.369. The van der Waals surface area contributed by atoms with E-state index in [0.29, 0.717) is 6.29 Å². The number of benzene rings is 1. The number of aldehydes is 1. The summed E-state index contributed by atoms with van der Waals surface area (Å²) >= 11 is 3.01. The van der Waals surface area contributed by atoms with Gasteiger partial charge in [-0.1, -0.05) is 0 Å². The minimum atomic E-state index is -0.802. The molecule has 0 amide bonds. The molecule has 0 aromatic heterocycles. The lowest BCUT2D eigenvalue weighted by Gasteiger charge is -2.05. The SMILES string of the molecule is CCOC(=O)c1c(Br)cc(C=O)cc1[N+](=O)[O-]. The third kappa shape index (κ3) is 2.88. The van der Waals surface area contributed by atoms with Crippen molar-refractivity contribution in [1.29, 1.82) is 0 Å². The molecule has 1 aromatic rings. The Morgan fingerprint density at radius 2 is 2.24 bits per heavy atom. The third-order valence-corrected chi connectivity index (χ3v) is 2.53. The maximum absolute atomic E-state index is 11.5. The third-order valence-electron chi connectivity index (χ3n) is 1.90. The fourth-order valence-corrected chi connectivity index (χ4v) is 1.86. The molecule has 7 heteroatoms. The fraction of sp³-hybridized carbons (Fsp3) is 0.200. The highest BCUT2D eigenvalue weighted by molar-refractivity contribution is 9.10. The summed E-state index contributed by atoms with van der Waals surface area (Å²) < 4.78 is 4.87. The molecule has 0 radical (unpaired) electrons. The van der Waals surface area contributed by atoms with Crippen molar-refractivity contribution in [3.63, 3.8) is 0 Å². The zero-order valence-electron chi connectivity index (χ0n) is 8.81. The molecule has 1 aromatic carbocycles. The zero-order valence-corrected chi connectivity index (χ0v) is 10.4. The molecule has 0 fully saturated rings. The van der Waals surface area contributed by atoms with E-state index < -0.39 is 16.6 Å². The second-order valence-electron chi connectivity index (χ2n) is 2.99. The summed E-state index contributed by atoms with van der Waals surface area (Å²) in [5.41, 5.74) is -0.543. The van der Waals surface area contributed by atoms with Gasteiger partial charge in [0.15, 0.2) is 5.56 Å². The fourth-order valence-electron chi connectivity index (χ4n) is 1.23. The van der Waals surface area contributed by atoms with E-state index in [9.17, 15) is 19.7 Å². The van der Waals surface area contributed by atoms with Crippen LogP contribution in [0, 0.1) is 10.1 Å². The minimum absolute atomic E-state index is 0.108. The first-order valence-electron chi connectivity index (χ1n) is 4.61. The summed E-state index contributed by atoms with van der Waals surface area (Å²) in [4.78, 5) is 32.2. The van der Waals surface area contributed by atoms with Crippen LogP contribution in [0.5, 0.6) is 0 Å². The van der Waals surface area contributed by atoms with E-state index in [2.05, 4.69) is 15.9 Å². The lowest BCUT2D eigenvalue weighted by Crippen LogP contribution is -2.09. The predicted molar refractivity (Wildman–Crippen MR) is 62.1 cm³/mol. The number of nitrogens with zero attached hydrogens (tertiary/aromatic N) is 1. The van der Waals surface area contributed by atoms with Crippen LogP contribution >= 0.6 is 15.9 Å². The van der Waals surface area contributed by atoms with Crippen LogP contribution in [0.15, 0.2) is 16.6 Å². The maximum Gasteiger partial charge on any atom is 0.346 e. The first-order chi connectivity index (χ1) is 8.01. The molecule has 90 valence electrons. The molecule has 0 heterocycles. The highest BCUT2D eigenvalue weighted by atomic mass is 79.9. The molecule has 0 saturated carbocycles. The van der Waals surface area contributed by atoms with E-state index >= 15 is 0 Å². The van der Waals surface area contributed by atoms with E-state index in [0.717, 1.165) is 6.07 Å². The van der Waals surface area contributed by atoms with Crippen molar-refractivity contribution in [3.05, 3.63) is 37.8 Å². The molecule has 0 bridgehead atoms. The van der Waals surface area contributed by atoms with Crippen LogP contribution in [-0.4, -0.2) is 23.8 Å². The van der Waals surface area contributed by atoms with Gasteiger partial charge in [0, 0.05) is 16.1 Å². The predicted octanol–water partition coefficient (Wildman–Crippen LogP) is 2.35. The van der Waals surface area contributed by atoms with Gasteiger partial charge in [0.05, 0.1) is 11.5 Å². The Bertz CT molecular complexity index is 486. The number of nitro benzene ring substituents is 1. The molecular weight excluding hydrogens is 294 g/mol. The molecule has 1 rings (SSSR count). The van der Waals surface area contributed by atoms with Crippen molar-refractivity contribution in [2.45, 2.75) is 6.92 Å². The lowest BCUT2D eigenvalue weighted by atomic mass is 10.1.